The molecular weight excluding hydrogens is 764 g/mol. The van der Waals surface area contributed by atoms with Gasteiger partial charge in [0, 0.05) is 7.11 Å². The van der Waals surface area contributed by atoms with Gasteiger partial charge < -0.3 is 69.0 Å². The standard InChI is InChI=1S/C35H58N4O18/c1-32(2,3)54-28(45)36-14-18(40)50-24-22(44)23(49-13)25(51-19(41)15-37-29(46)55-33(4,5)6)27(53-21(43)17-39-31(48)57-35(10,11)12)26(24)52-20(42)16-38-30(47)56-34(7,8)9/h22-27,44H,14-17H2,1-13H3,(H,36,45)(H,37,46)(H,38,47)(H,39,48). The second-order valence-electron chi connectivity index (χ2n) is 16.4. The Labute approximate surface area is 330 Å². The number of rotatable bonds is 13. The van der Waals surface area contributed by atoms with E-state index in [0.717, 1.165) is 7.11 Å². The molecule has 0 spiro atoms. The van der Waals surface area contributed by atoms with Crippen LogP contribution in [0.1, 0.15) is 83.1 Å². The van der Waals surface area contributed by atoms with Crippen LogP contribution in [0.4, 0.5) is 19.2 Å². The molecule has 6 unspecified atom stereocenters. The Bertz CT molecular complexity index is 1440. The van der Waals surface area contributed by atoms with Gasteiger partial charge in [0.1, 0.15) is 60.8 Å². The quantitative estimate of drug-likeness (QED) is 0.128. The minimum Gasteiger partial charge on any atom is -0.454 e. The lowest BCUT2D eigenvalue weighted by Gasteiger charge is -2.46. The van der Waals surface area contributed by atoms with E-state index >= 15 is 0 Å². The maximum absolute atomic E-state index is 13.2. The molecule has 22 nitrogen and oxygen atoms in total. The zero-order valence-corrected chi connectivity index (χ0v) is 34.7. The number of amides is 4. The molecule has 0 saturated heterocycles. The fraction of sp³-hybridized carbons (Fsp3) is 0.771. The maximum atomic E-state index is 13.2. The molecule has 57 heavy (non-hydrogen) atoms. The Morgan fingerprint density at radius 3 is 0.842 bits per heavy atom. The molecule has 5 N–H and O–H groups in total. The molecule has 6 atom stereocenters. The molecule has 1 fully saturated rings. The maximum Gasteiger partial charge on any atom is 0.408 e. The number of carbonyl (C=O) groups is 8. The first-order valence-corrected chi connectivity index (χ1v) is 17.8. The van der Waals surface area contributed by atoms with Gasteiger partial charge in [-0.05, 0) is 83.1 Å². The van der Waals surface area contributed by atoms with Gasteiger partial charge in [-0.1, -0.05) is 0 Å². The number of aliphatic hydroxyl groups is 1. The average molecular weight is 823 g/mol. The van der Waals surface area contributed by atoms with E-state index in [1.54, 1.807) is 83.1 Å². The molecule has 1 rings (SSSR count). The Morgan fingerprint density at radius 2 is 0.614 bits per heavy atom. The zero-order valence-electron chi connectivity index (χ0n) is 34.7. The van der Waals surface area contributed by atoms with Crippen LogP contribution < -0.4 is 21.3 Å². The van der Waals surface area contributed by atoms with Gasteiger partial charge in [0.05, 0.1) is 0 Å². The van der Waals surface area contributed by atoms with Crippen molar-refractivity contribution < 1.29 is 86.1 Å². The van der Waals surface area contributed by atoms with Crippen molar-refractivity contribution in [2.45, 2.75) is 142 Å². The molecular formula is C35H58N4O18. The number of alkyl carbamates (subject to hydrolysis) is 4. The topological polar surface area (TPSA) is 288 Å². The molecule has 0 radical (unpaired) electrons. The van der Waals surface area contributed by atoms with E-state index < -0.39 is 133 Å². The van der Waals surface area contributed by atoms with Crippen LogP contribution in [-0.2, 0) is 61.8 Å². The predicted octanol–water partition coefficient (Wildman–Crippen LogP) is 1.12. The third kappa shape index (κ3) is 20.6. The zero-order chi connectivity index (χ0) is 44.1. The number of nitrogens with one attached hydrogen (secondary N) is 4. The van der Waals surface area contributed by atoms with E-state index in [4.69, 9.17) is 42.6 Å². The highest BCUT2D eigenvalue weighted by Crippen LogP contribution is 2.32. The van der Waals surface area contributed by atoms with Crippen LogP contribution in [0.15, 0.2) is 0 Å². The molecule has 4 amide bonds. The van der Waals surface area contributed by atoms with Gasteiger partial charge >= 0.3 is 48.3 Å². The number of ether oxygens (including phenoxy) is 9. The third-order valence-corrected chi connectivity index (χ3v) is 6.41. The summed E-state index contributed by atoms with van der Waals surface area (Å²) in [4.78, 5) is 102. The van der Waals surface area contributed by atoms with E-state index in [1.807, 2.05) is 0 Å². The molecule has 0 aromatic carbocycles. The molecule has 0 aliphatic heterocycles. The molecule has 326 valence electrons. The highest BCUT2D eigenvalue weighted by Gasteiger charge is 2.58. The van der Waals surface area contributed by atoms with Crippen LogP contribution in [0.3, 0.4) is 0 Å². The molecule has 0 aromatic heterocycles. The summed E-state index contributed by atoms with van der Waals surface area (Å²) in [6.45, 7) is 15.5. The number of carbonyl (C=O) groups excluding carboxylic acids is 8. The van der Waals surface area contributed by atoms with Crippen molar-refractivity contribution >= 4 is 48.3 Å². The van der Waals surface area contributed by atoms with Crippen LogP contribution in [0, 0.1) is 0 Å². The first-order valence-electron chi connectivity index (χ1n) is 17.8. The number of aliphatic hydroxyl groups excluding tert-OH is 1. The highest BCUT2D eigenvalue weighted by molar-refractivity contribution is 5.81. The molecule has 1 aliphatic carbocycles. The normalized spacial score (nSPS) is 21.0. The minimum atomic E-state index is -2.05. The van der Waals surface area contributed by atoms with Crippen molar-refractivity contribution in [1.29, 1.82) is 0 Å². The SMILES string of the molecule is COC1C(O)C(OC(=O)CNC(=O)OC(C)(C)C)C(OC(=O)CNC(=O)OC(C)(C)C)C(OC(=O)CNC(=O)OC(C)(C)C)C1OC(=O)CNC(=O)OC(C)(C)C. The van der Waals surface area contributed by atoms with E-state index in [2.05, 4.69) is 21.3 Å². The lowest BCUT2D eigenvalue weighted by molar-refractivity contribution is -0.256. The van der Waals surface area contributed by atoms with Gasteiger partial charge in [-0.3, -0.25) is 19.2 Å². The summed E-state index contributed by atoms with van der Waals surface area (Å²) in [5.41, 5.74) is -3.77. The van der Waals surface area contributed by atoms with Gasteiger partial charge in [0.2, 0.25) is 0 Å². The summed E-state index contributed by atoms with van der Waals surface area (Å²) >= 11 is 0. The lowest BCUT2D eigenvalue weighted by Crippen LogP contribution is -2.68. The van der Waals surface area contributed by atoms with Gasteiger partial charge in [-0.25, -0.2) is 19.2 Å². The van der Waals surface area contributed by atoms with Crippen LogP contribution in [0.2, 0.25) is 0 Å². The van der Waals surface area contributed by atoms with Gasteiger partial charge in [-0.2, -0.15) is 0 Å². The van der Waals surface area contributed by atoms with E-state index in [0.29, 0.717) is 0 Å². The highest BCUT2D eigenvalue weighted by atomic mass is 16.7. The number of hydrogen-bond acceptors (Lipinski definition) is 18. The smallest absolute Gasteiger partial charge is 0.408 e. The largest absolute Gasteiger partial charge is 0.454 e. The van der Waals surface area contributed by atoms with Crippen molar-refractivity contribution in [3.8, 4) is 0 Å². The Morgan fingerprint density at radius 1 is 0.404 bits per heavy atom. The first-order chi connectivity index (χ1) is 25.9. The summed E-state index contributed by atoms with van der Waals surface area (Å²) < 4.78 is 47.9. The van der Waals surface area contributed by atoms with Gasteiger partial charge in [0.15, 0.2) is 24.4 Å². The monoisotopic (exact) mass is 822 g/mol. The average Bonchev–Trinajstić information content (AvgIpc) is 3.01. The van der Waals surface area contributed by atoms with Crippen LogP contribution in [0.5, 0.6) is 0 Å². The molecule has 22 heteroatoms. The van der Waals surface area contributed by atoms with Crippen molar-refractivity contribution in [2.75, 3.05) is 33.3 Å². The molecule has 0 aromatic rings. The molecule has 1 saturated carbocycles. The van der Waals surface area contributed by atoms with E-state index in [1.165, 1.54) is 0 Å². The molecule has 0 heterocycles. The fourth-order valence-electron chi connectivity index (χ4n) is 4.56. The Kier molecular flexibility index (Phi) is 18.3. The van der Waals surface area contributed by atoms with Crippen molar-refractivity contribution in [3.05, 3.63) is 0 Å². The summed E-state index contributed by atoms with van der Waals surface area (Å²) in [5.74, 6) is -4.91. The van der Waals surface area contributed by atoms with E-state index in [9.17, 15) is 43.5 Å². The first kappa shape index (κ1) is 49.9. The van der Waals surface area contributed by atoms with E-state index in [-0.39, 0.29) is 0 Å². The number of methoxy groups -OCH3 is 1. The summed E-state index contributed by atoms with van der Waals surface area (Å²) in [5, 5.41) is 20.2. The minimum absolute atomic E-state index is 0.822. The van der Waals surface area contributed by atoms with Crippen molar-refractivity contribution in [2.24, 2.45) is 0 Å². The predicted molar refractivity (Wildman–Crippen MR) is 193 cm³/mol. The third-order valence-electron chi connectivity index (χ3n) is 6.41. The Hall–Kier alpha value is -5.12. The molecule has 0 bridgehead atoms. The van der Waals surface area contributed by atoms with Gasteiger partial charge in [-0.15, -0.1) is 0 Å². The molecule has 1 aliphatic rings. The van der Waals surface area contributed by atoms with Crippen molar-refractivity contribution in [1.82, 2.24) is 21.3 Å². The van der Waals surface area contributed by atoms with Crippen LogP contribution >= 0.6 is 0 Å². The second-order valence-corrected chi connectivity index (χ2v) is 16.4. The van der Waals surface area contributed by atoms with Crippen molar-refractivity contribution in [3.63, 3.8) is 0 Å². The number of esters is 4. The van der Waals surface area contributed by atoms with Crippen LogP contribution in [-0.4, -0.2) is 146 Å². The summed E-state index contributed by atoms with van der Waals surface area (Å²) in [6.07, 6.45) is -15.7. The Balaban J connectivity index is 3.61. The fourth-order valence-corrected chi connectivity index (χ4v) is 4.56. The van der Waals surface area contributed by atoms with Gasteiger partial charge in [0.25, 0.3) is 0 Å². The number of hydrogen-bond donors (Lipinski definition) is 5. The second kappa shape index (κ2) is 20.9. The summed E-state index contributed by atoms with van der Waals surface area (Å²) in [7, 11) is 1.05. The summed E-state index contributed by atoms with van der Waals surface area (Å²) in [6, 6.07) is 0. The lowest BCUT2D eigenvalue weighted by atomic mass is 9.84. The van der Waals surface area contributed by atoms with Crippen LogP contribution in [0.25, 0.3) is 0 Å².